The first kappa shape index (κ1) is 17.1. The third kappa shape index (κ3) is 3.39. The maximum Gasteiger partial charge on any atom is 0.329 e. The van der Waals surface area contributed by atoms with Crippen LogP contribution in [0.1, 0.15) is 24.5 Å². The van der Waals surface area contributed by atoms with Crippen molar-refractivity contribution >= 4 is 22.8 Å². The molecule has 1 aromatic carbocycles. The molecule has 0 bridgehead atoms. The van der Waals surface area contributed by atoms with Crippen LogP contribution < -0.4 is 4.90 Å². The summed E-state index contributed by atoms with van der Waals surface area (Å²) in [7, 11) is 1.25. The molecule has 0 saturated carbocycles. The van der Waals surface area contributed by atoms with E-state index in [4.69, 9.17) is 4.74 Å². The van der Waals surface area contributed by atoms with Crippen LogP contribution in [0.2, 0.25) is 0 Å². The molecule has 130 valence electrons. The number of nitriles is 1. The van der Waals surface area contributed by atoms with E-state index in [0.29, 0.717) is 29.1 Å². The average Bonchev–Trinajstić information content (AvgIpc) is 2.67. The molecule has 0 radical (unpaired) electrons. The maximum absolute atomic E-state index is 12.1. The lowest BCUT2D eigenvalue weighted by atomic mass is 9.98. The Kier molecular flexibility index (Phi) is 5.10. The van der Waals surface area contributed by atoms with Gasteiger partial charge in [0.15, 0.2) is 11.7 Å². The van der Waals surface area contributed by atoms with Crippen molar-refractivity contribution in [3.05, 3.63) is 30.0 Å². The minimum absolute atomic E-state index is 0.103. The highest BCUT2D eigenvalue weighted by Crippen LogP contribution is 2.30. The molecular weight excluding hydrogens is 320 g/mol. The van der Waals surface area contributed by atoms with Crippen LogP contribution in [-0.2, 0) is 9.53 Å². The maximum atomic E-state index is 12.1. The summed E-state index contributed by atoms with van der Waals surface area (Å²) in [5, 5.41) is 19.0. The SMILES string of the molecule is COC(=O)[C@@H](C#N)c1nc2ccccc2nc1N1CCC[C@@H](CO)C1. The molecule has 0 unspecified atom stereocenters. The first-order chi connectivity index (χ1) is 12.2. The van der Waals surface area contributed by atoms with E-state index in [1.165, 1.54) is 7.11 Å². The molecule has 7 nitrogen and oxygen atoms in total. The molecule has 1 aliphatic heterocycles. The van der Waals surface area contributed by atoms with Gasteiger partial charge in [0.2, 0.25) is 0 Å². The smallest absolute Gasteiger partial charge is 0.329 e. The van der Waals surface area contributed by atoms with Gasteiger partial charge < -0.3 is 14.7 Å². The summed E-state index contributed by atoms with van der Waals surface area (Å²) in [5.41, 5.74) is 1.64. The van der Waals surface area contributed by atoms with Gasteiger partial charge in [-0.05, 0) is 30.9 Å². The number of rotatable bonds is 4. The van der Waals surface area contributed by atoms with Gasteiger partial charge in [0.25, 0.3) is 0 Å². The van der Waals surface area contributed by atoms with Crippen molar-refractivity contribution in [2.45, 2.75) is 18.8 Å². The number of para-hydroxylation sites is 2. The Bertz CT molecular complexity index is 818. The number of carbonyl (C=O) groups excluding carboxylic acids is 1. The zero-order chi connectivity index (χ0) is 17.8. The Balaban J connectivity index is 2.12. The summed E-state index contributed by atoms with van der Waals surface area (Å²) in [6, 6.07) is 9.34. The lowest BCUT2D eigenvalue weighted by Gasteiger charge is -2.34. The number of hydrogen-bond acceptors (Lipinski definition) is 7. The van der Waals surface area contributed by atoms with Gasteiger partial charge in [0, 0.05) is 19.7 Å². The van der Waals surface area contributed by atoms with Gasteiger partial charge in [-0.3, -0.25) is 4.79 Å². The summed E-state index contributed by atoms with van der Waals surface area (Å²) in [6.45, 7) is 1.47. The van der Waals surface area contributed by atoms with Crippen LogP contribution in [-0.4, -0.2) is 47.8 Å². The van der Waals surface area contributed by atoms with E-state index in [-0.39, 0.29) is 12.5 Å². The number of ether oxygens (including phenoxy) is 1. The van der Waals surface area contributed by atoms with Crippen molar-refractivity contribution < 1.29 is 14.6 Å². The van der Waals surface area contributed by atoms with E-state index in [2.05, 4.69) is 9.97 Å². The zero-order valence-corrected chi connectivity index (χ0v) is 14.1. The molecule has 1 saturated heterocycles. The number of aromatic nitrogens is 2. The van der Waals surface area contributed by atoms with Crippen molar-refractivity contribution in [1.82, 2.24) is 9.97 Å². The number of aliphatic hydroxyl groups excluding tert-OH is 1. The van der Waals surface area contributed by atoms with Crippen LogP contribution in [0.3, 0.4) is 0 Å². The molecule has 0 aliphatic carbocycles. The molecule has 2 heterocycles. The Labute approximate surface area is 145 Å². The van der Waals surface area contributed by atoms with E-state index in [1.54, 1.807) is 6.07 Å². The minimum Gasteiger partial charge on any atom is -0.468 e. The normalized spacial score (nSPS) is 18.6. The van der Waals surface area contributed by atoms with Gasteiger partial charge in [-0.2, -0.15) is 5.26 Å². The largest absolute Gasteiger partial charge is 0.468 e. The Hall–Kier alpha value is -2.72. The molecule has 7 heteroatoms. The number of hydrogen-bond donors (Lipinski definition) is 1. The quantitative estimate of drug-likeness (QED) is 0.844. The molecule has 1 aromatic heterocycles. The van der Waals surface area contributed by atoms with Crippen molar-refractivity contribution in [3.8, 4) is 6.07 Å². The van der Waals surface area contributed by atoms with Crippen molar-refractivity contribution in [3.63, 3.8) is 0 Å². The highest BCUT2D eigenvalue weighted by molar-refractivity contribution is 5.85. The fraction of sp³-hybridized carbons (Fsp3) is 0.444. The van der Waals surface area contributed by atoms with Crippen molar-refractivity contribution in [2.24, 2.45) is 5.92 Å². The zero-order valence-electron chi connectivity index (χ0n) is 14.1. The van der Waals surface area contributed by atoms with Crippen molar-refractivity contribution in [1.29, 1.82) is 5.26 Å². The third-order valence-electron chi connectivity index (χ3n) is 4.49. The van der Waals surface area contributed by atoms with Gasteiger partial charge in [-0.15, -0.1) is 0 Å². The monoisotopic (exact) mass is 340 g/mol. The van der Waals surface area contributed by atoms with E-state index in [1.807, 2.05) is 29.2 Å². The molecule has 2 aromatic rings. The lowest BCUT2D eigenvalue weighted by molar-refractivity contribution is -0.141. The molecule has 1 aliphatic rings. The molecule has 3 rings (SSSR count). The molecule has 0 amide bonds. The van der Waals surface area contributed by atoms with Crippen LogP contribution in [0.5, 0.6) is 0 Å². The summed E-state index contributed by atoms with van der Waals surface area (Å²) >= 11 is 0. The van der Waals surface area contributed by atoms with E-state index >= 15 is 0 Å². The van der Waals surface area contributed by atoms with Gasteiger partial charge >= 0.3 is 5.97 Å². The highest BCUT2D eigenvalue weighted by Gasteiger charge is 2.31. The molecule has 2 atom stereocenters. The number of esters is 1. The molecule has 0 spiro atoms. The van der Waals surface area contributed by atoms with Gasteiger partial charge in [0.05, 0.1) is 24.2 Å². The number of fused-ring (bicyclic) bond motifs is 1. The topological polar surface area (TPSA) is 99.3 Å². The number of methoxy groups -OCH3 is 1. The third-order valence-corrected chi connectivity index (χ3v) is 4.49. The first-order valence-corrected chi connectivity index (χ1v) is 8.27. The van der Waals surface area contributed by atoms with Gasteiger partial charge in [0.1, 0.15) is 5.69 Å². The number of piperidine rings is 1. The Morgan fingerprint density at radius 1 is 1.44 bits per heavy atom. The van der Waals surface area contributed by atoms with Crippen LogP contribution >= 0.6 is 0 Å². The van der Waals surface area contributed by atoms with Crippen LogP contribution in [0.15, 0.2) is 24.3 Å². The highest BCUT2D eigenvalue weighted by atomic mass is 16.5. The fourth-order valence-corrected chi connectivity index (χ4v) is 3.18. The Morgan fingerprint density at radius 3 is 2.80 bits per heavy atom. The first-order valence-electron chi connectivity index (χ1n) is 8.27. The number of anilines is 1. The lowest BCUT2D eigenvalue weighted by Crippen LogP contribution is -2.38. The summed E-state index contributed by atoms with van der Waals surface area (Å²) in [5.74, 6) is -1.11. The summed E-state index contributed by atoms with van der Waals surface area (Å²) < 4.78 is 4.77. The van der Waals surface area contributed by atoms with Gasteiger partial charge in [-0.25, -0.2) is 9.97 Å². The molecule has 1 N–H and O–H groups in total. The second-order valence-corrected chi connectivity index (χ2v) is 6.14. The van der Waals surface area contributed by atoms with Gasteiger partial charge in [-0.1, -0.05) is 12.1 Å². The van der Waals surface area contributed by atoms with E-state index in [0.717, 1.165) is 19.4 Å². The summed E-state index contributed by atoms with van der Waals surface area (Å²) in [6.07, 6.45) is 1.86. The number of carbonyl (C=O) groups is 1. The molecular formula is C18H20N4O3. The summed E-state index contributed by atoms with van der Waals surface area (Å²) in [4.78, 5) is 23.3. The van der Waals surface area contributed by atoms with E-state index < -0.39 is 11.9 Å². The van der Waals surface area contributed by atoms with Crippen LogP contribution in [0, 0.1) is 17.2 Å². The Morgan fingerprint density at radius 2 is 2.16 bits per heavy atom. The molecule has 1 fully saturated rings. The minimum atomic E-state index is -1.13. The van der Waals surface area contributed by atoms with E-state index in [9.17, 15) is 15.2 Å². The predicted molar refractivity (Wildman–Crippen MR) is 91.9 cm³/mol. The second kappa shape index (κ2) is 7.45. The standard InChI is InChI=1S/C18H20N4O3/c1-25-18(24)13(9-19)16-17(22-8-4-5-12(10-22)11-23)21-15-7-3-2-6-14(15)20-16/h2-3,6-7,12-13,23H,4-5,8,10-11H2,1H3/t12-,13+/m1/s1. The second-order valence-electron chi connectivity index (χ2n) is 6.14. The number of nitrogens with zero attached hydrogens (tertiary/aromatic N) is 4. The van der Waals surface area contributed by atoms with Crippen LogP contribution in [0.25, 0.3) is 11.0 Å². The fourth-order valence-electron chi connectivity index (χ4n) is 3.18. The molecule has 25 heavy (non-hydrogen) atoms. The van der Waals surface area contributed by atoms with Crippen molar-refractivity contribution in [2.75, 3.05) is 31.7 Å². The van der Waals surface area contributed by atoms with Crippen LogP contribution in [0.4, 0.5) is 5.82 Å². The number of aliphatic hydroxyl groups is 1. The number of benzene rings is 1. The predicted octanol–water partition coefficient (Wildman–Crippen LogP) is 1.62. The average molecular weight is 340 g/mol.